The van der Waals surface area contributed by atoms with Crippen LogP contribution in [0.15, 0.2) is 12.4 Å². The normalized spacial score (nSPS) is 20.2. The highest BCUT2D eigenvalue weighted by atomic mass is 16.7. The average Bonchev–Trinajstić information content (AvgIpc) is 2.87. The summed E-state index contributed by atoms with van der Waals surface area (Å²) in [7, 11) is 0. The molecule has 0 spiro atoms. The van der Waals surface area contributed by atoms with Gasteiger partial charge < -0.3 is 4.84 Å². The molecule has 2 heterocycles. The quantitative estimate of drug-likeness (QED) is 0.625. The van der Waals surface area contributed by atoms with E-state index in [2.05, 4.69) is 5.10 Å². The summed E-state index contributed by atoms with van der Waals surface area (Å²) < 4.78 is 1.58. The minimum Gasteiger partial charge on any atom is -0.367 e. The highest BCUT2D eigenvalue weighted by Crippen LogP contribution is 2.24. The van der Waals surface area contributed by atoms with E-state index in [0.717, 1.165) is 12.8 Å². The zero-order chi connectivity index (χ0) is 15.6. The van der Waals surface area contributed by atoms with Crippen molar-refractivity contribution >= 4 is 11.7 Å². The molecule has 1 aromatic rings. The van der Waals surface area contributed by atoms with Gasteiger partial charge in [0.2, 0.25) is 0 Å². The summed E-state index contributed by atoms with van der Waals surface area (Å²) in [5.41, 5.74) is -0.587. The van der Waals surface area contributed by atoms with Crippen molar-refractivity contribution in [3.8, 4) is 0 Å². The monoisotopic (exact) mass is 296 g/mol. The van der Waals surface area contributed by atoms with Gasteiger partial charge in [-0.05, 0) is 33.6 Å². The van der Waals surface area contributed by atoms with Crippen molar-refractivity contribution < 1.29 is 14.6 Å². The third-order valence-corrected chi connectivity index (χ3v) is 3.36. The maximum absolute atomic E-state index is 11.9. The van der Waals surface area contributed by atoms with E-state index in [9.17, 15) is 14.9 Å². The van der Waals surface area contributed by atoms with Crippen molar-refractivity contribution in [2.24, 2.45) is 5.41 Å². The molecule has 1 fully saturated rings. The van der Waals surface area contributed by atoms with Crippen LogP contribution in [-0.4, -0.2) is 38.8 Å². The van der Waals surface area contributed by atoms with Gasteiger partial charge in [-0.15, -0.1) is 5.06 Å². The zero-order valence-electron chi connectivity index (χ0n) is 12.5. The Morgan fingerprint density at radius 2 is 2.24 bits per heavy atom. The molecule has 1 saturated heterocycles. The highest BCUT2D eigenvalue weighted by molar-refractivity contribution is 5.75. The van der Waals surface area contributed by atoms with Crippen molar-refractivity contribution in [2.45, 2.75) is 39.7 Å². The van der Waals surface area contributed by atoms with E-state index < -0.39 is 10.3 Å². The Kier molecular flexibility index (Phi) is 4.26. The van der Waals surface area contributed by atoms with E-state index in [1.165, 1.54) is 12.4 Å². The van der Waals surface area contributed by atoms with Crippen LogP contribution >= 0.6 is 0 Å². The maximum atomic E-state index is 11.9. The fourth-order valence-electron chi connectivity index (χ4n) is 2.10. The second-order valence-corrected chi connectivity index (χ2v) is 6.25. The minimum absolute atomic E-state index is 0.0276. The lowest BCUT2D eigenvalue weighted by molar-refractivity contribution is -0.385. The van der Waals surface area contributed by atoms with Gasteiger partial charge in [-0.25, -0.2) is 4.79 Å². The molecule has 1 atom stereocenters. The molecule has 0 unspecified atom stereocenters. The van der Waals surface area contributed by atoms with E-state index in [0.29, 0.717) is 13.1 Å². The Hall–Kier alpha value is -1.96. The van der Waals surface area contributed by atoms with Gasteiger partial charge in [-0.1, -0.05) is 0 Å². The predicted molar refractivity (Wildman–Crippen MR) is 74.3 cm³/mol. The van der Waals surface area contributed by atoms with Gasteiger partial charge in [0.05, 0.1) is 22.9 Å². The van der Waals surface area contributed by atoms with Crippen molar-refractivity contribution in [2.75, 3.05) is 13.1 Å². The topological polar surface area (TPSA) is 90.5 Å². The lowest BCUT2D eigenvalue weighted by Gasteiger charge is -2.32. The van der Waals surface area contributed by atoms with Crippen molar-refractivity contribution in [3.63, 3.8) is 0 Å². The van der Waals surface area contributed by atoms with Gasteiger partial charge in [0, 0.05) is 6.54 Å². The maximum Gasteiger partial charge on any atom is 0.330 e. The smallest absolute Gasteiger partial charge is 0.330 e. The summed E-state index contributed by atoms with van der Waals surface area (Å²) in [6, 6.07) is -0.0276. The SMILES string of the molecule is CC(C)(C)C(=O)ON1CCC[C@H](n2cc([N+](=O)[O-])cn2)C1. The van der Waals surface area contributed by atoms with Crippen LogP contribution < -0.4 is 0 Å². The Morgan fingerprint density at radius 3 is 2.81 bits per heavy atom. The number of hydrogen-bond acceptors (Lipinski definition) is 6. The van der Waals surface area contributed by atoms with Crippen molar-refractivity contribution in [1.82, 2.24) is 14.8 Å². The van der Waals surface area contributed by atoms with Crippen LogP contribution in [0.2, 0.25) is 0 Å². The molecule has 0 aromatic carbocycles. The van der Waals surface area contributed by atoms with E-state index in [4.69, 9.17) is 4.84 Å². The molecule has 0 amide bonds. The van der Waals surface area contributed by atoms with E-state index in [-0.39, 0.29) is 17.7 Å². The van der Waals surface area contributed by atoms with Crippen LogP contribution in [-0.2, 0) is 9.63 Å². The van der Waals surface area contributed by atoms with Crippen LogP contribution in [0.5, 0.6) is 0 Å². The summed E-state index contributed by atoms with van der Waals surface area (Å²) in [6.45, 7) is 6.55. The van der Waals surface area contributed by atoms with Gasteiger partial charge in [0.25, 0.3) is 0 Å². The molecule has 1 aromatic heterocycles. The first kappa shape index (κ1) is 15.4. The standard InChI is InChI=1S/C13H20N4O4/c1-13(2,3)12(18)21-15-6-4-5-10(8-15)16-9-11(7-14-16)17(19)20/h7,9-10H,4-6,8H2,1-3H3/t10-/m0/s1. The third kappa shape index (κ3) is 3.78. The number of rotatable bonds is 3. The summed E-state index contributed by atoms with van der Waals surface area (Å²) in [4.78, 5) is 27.5. The molecular weight excluding hydrogens is 276 g/mol. The van der Waals surface area contributed by atoms with E-state index in [1.54, 1.807) is 30.5 Å². The number of carbonyl (C=O) groups excluding carboxylic acids is 1. The van der Waals surface area contributed by atoms with Gasteiger partial charge in [-0.2, -0.15) is 5.10 Å². The molecule has 2 rings (SSSR count). The Balaban J connectivity index is 2.00. The van der Waals surface area contributed by atoms with E-state index >= 15 is 0 Å². The number of nitro groups is 1. The van der Waals surface area contributed by atoms with Crippen LogP contribution in [0.25, 0.3) is 0 Å². The van der Waals surface area contributed by atoms with Gasteiger partial charge in [0.15, 0.2) is 0 Å². The fraction of sp³-hybridized carbons (Fsp3) is 0.692. The first-order valence-corrected chi connectivity index (χ1v) is 6.93. The molecule has 8 nitrogen and oxygen atoms in total. The molecule has 1 aliphatic rings. The molecule has 21 heavy (non-hydrogen) atoms. The van der Waals surface area contributed by atoms with Crippen LogP contribution in [0.1, 0.15) is 39.7 Å². The number of aromatic nitrogens is 2. The third-order valence-electron chi connectivity index (χ3n) is 3.36. The Labute approximate surface area is 122 Å². The summed E-state index contributed by atoms with van der Waals surface area (Å²) >= 11 is 0. The Morgan fingerprint density at radius 1 is 1.52 bits per heavy atom. The summed E-state index contributed by atoms with van der Waals surface area (Å²) in [5, 5.41) is 16.3. The van der Waals surface area contributed by atoms with Crippen molar-refractivity contribution in [1.29, 1.82) is 0 Å². The number of piperidine rings is 1. The van der Waals surface area contributed by atoms with E-state index in [1.807, 2.05) is 0 Å². The lowest BCUT2D eigenvalue weighted by atomic mass is 9.98. The number of carbonyl (C=O) groups is 1. The molecule has 0 N–H and O–H groups in total. The zero-order valence-corrected chi connectivity index (χ0v) is 12.5. The summed E-state index contributed by atoms with van der Waals surface area (Å²) in [5.74, 6) is -0.283. The Bertz CT molecular complexity index is 535. The predicted octanol–water partition coefficient (Wildman–Crippen LogP) is 1.93. The highest BCUT2D eigenvalue weighted by Gasteiger charge is 2.30. The van der Waals surface area contributed by atoms with Crippen molar-refractivity contribution in [3.05, 3.63) is 22.5 Å². The number of nitrogens with zero attached hydrogens (tertiary/aromatic N) is 4. The number of hydroxylamine groups is 2. The van der Waals surface area contributed by atoms with Crippen LogP contribution in [0.4, 0.5) is 5.69 Å². The molecule has 0 bridgehead atoms. The minimum atomic E-state index is -0.558. The van der Waals surface area contributed by atoms with Gasteiger partial charge in [0.1, 0.15) is 12.4 Å². The molecule has 0 saturated carbocycles. The first-order valence-electron chi connectivity index (χ1n) is 6.93. The molecule has 116 valence electrons. The second-order valence-electron chi connectivity index (χ2n) is 6.25. The molecule has 0 aliphatic carbocycles. The summed E-state index contributed by atoms with van der Waals surface area (Å²) in [6.07, 6.45) is 4.35. The fourth-order valence-corrected chi connectivity index (χ4v) is 2.10. The van der Waals surface area contributed by atoms with Gasteiger partial charge >= 0.3 is 11.7 Å². The van der Waals surface area contributed by atoms with Gasteiger partial charge in [-0.3, -0.25) is 14.8 Å². The molecular formula is C13H20N4O4. The first-order chi connectivity index (χ1) is 9.77. The average molecular weight is 296 g/mol. The largest absolute Gasteiger partial charge is 0.367 e. The molecule has 1 aliphatic heterocycles. The number of hydrogen-bond donors (Lipinski definition) is 0. The van der Waals surface area contributed by atoms with Crippen LogP contribution in [0.3, 0.4) is 0 Å². The molecule has 8 heteroatoms. The lowest BCUT2D eigenvalue weighted by Crippen LogP contribution is -2.40. The molecule has 0 radical (unpaired) electrons. The van der Waals surface area contributed by atoms with Crippen LogP contribution in [0, 0.1) is 15.5 Å². The second kappa shape index (κ2) is 5.80.